The first-order chi connectivity index (χ1) is 15.2. The molecule has 0 unspecified atom stereocenters. The summed E-state index contributed by atoms with van der Waals surface area (Å²) in [6.07, 6.45) is 22.3. The molecule has 0 N–H and O–H groups in total. The Bertz CT molecular complexity index is 610. The molecule has 1 aromatic carbocycles. The van der Waals surface area contributed by atoms with E-state index in [1.165, 1.54) is 101 Å². The van der Waals surface area contributed by atoms with E-state index in [4.69, 9.17) is 0 Å². The van der Waals surface area contributed by atoms with E-state index in [0.717, 1.165) is 41.9 Å². The molecule has 174 valence electrons. The Morgan fingerprint density at radius 1 is 0.677 bits per heavy atom. The molecule has 3 aliphatic carbocycles. The maximum absolute atomic E-state index is 12.4. The minimum atomic E-state index is -0.201. The van der Waals surface area contributed by atoms with Gasteiger partial charge >= 0.3 is 0 Å². The van der Waals surface area contributed by atoms with Gasteiger partial charge in [0.25, 0.3) is 0 Å². The summed E-state index contributed by atoms with van der Waals surface area (Å²) in [4.78, 5) is 0. The van der Waals surface area contributed by atoms with Gasteiger partial charge in [-0.3, -0.25) is 4.39 Å². The molecule has 3 fully saturated rings. The molecule has 0 bridgehead atoms. The summed E-state index contributed by atoms with van der Waals surface area (Å²) in [6.45, 7) is 2.25. The number of halogens is 1. The second kappa shape index (κ2) is 11.9. The van der Waals surface area contributed by atoms with Gasteiger partial charge < -0.3 is 0 Å². The lowest BCUT2D eigenvalue weighted by molar-refractivity contribution is 0.143. The van der Waals surface area contributed by atoms with E-state index >= 15 is 0 Å². The van der Waals surface area contributed by atoms with Crippen LogP contribution in [0, 0.1) is 29.6 Å². The highest BCUT2D eigenvalue weighted by molar-refractivity contribution is 5.26. The highest BCUT2D eigenvalue weighted by Gasteiger charge is 2.30. The molecule has 0 saturated heterocycles. The number of aryl methyl sites for hydroxylation is 1. The minimum Gasteiger partial charge on any atom is -0.251 e. The van der Waals surface area contributed by atoms with Crippen LogP contribution in [-0.4, -0.2) is 6.67 Å². The molecule has 0 radical (unpaired) electrons. The molecular formula is C30H47F. The van der Waals surface area contributed by atoms with Crippen molar-refractivity contribution in [2.24, 2.45) is 29.6 Å². The zero-order valence-corrected chi connectivity index (χ0v) is 20.2. The van der Waals surface area contributed by atoms with E-state index in [9.17, 15) is 4.39 Å². The van der Waals surface area contributed by atoms with Gasteiger partial charge in [0, 0.05) is 0 Å². The van der Waals surface area contributed by atoms with Crippen molar-refractivity contribution in [1.82, 2.24) is 0 Å². The van der Waals surface area contributed by atoms with Crippen LogP contribution >= 0.6 is 0 Å². The summed E-state index contributed by atoms with van der Waals surface area (Å²) in [7, 11) is 0. The smallest absolute Gasteiger partial charge is 0.0897 e. The van der Waals surface area contributed by atoms with Crippen molar-refractivity contribution in [3.63, 3.8) is 0 Å². The fourth-order valence-electron chi connectivity index (χ4n) is 7.19. The Morgan fingerprint density at radius 3 is 1.74 bits per heavy atom. The molecule has 0 amide bonds. The van der Waals surface area contributed by atoms with E-state index in [1.807, 2.05) is 0 Å². The van der Waals surface area contributed by atoms with Crippen LogP contribution in [0.2, 0.25) is 0 Å². The van der Waals surface area contributed by atoms with Crippen LogP contribution in [0.15, 0.2) is 24.3 Å². The molecule has 1 heteroatoms. The highest BCUT2D eigenvalue weighted by Crippen LogP contribution is 2.43. The Kier molecular flexibility index (Phi) is 8.91. The Hall–Kier alpha value is -0.850. The topological polar surface area (TPSA) is 0 Å². The molecule has 0 aliphatic heterocycles. The summed E-state index contributed by atoms with van der Waals surface area (Å²) in [5.74, 6) is 5.92. The molecule has 0 spiro atoms. The fourth-order valence-corrected chi connectivity index (χ4v) is 7.19. The lowest BCUT2D eigenvalue weighted by Gasteiger charge is -2.37. The van der Waals surface area contributed by atoms with Gasteiger partial charge in [-0.05, 0) is 111 Å². The second-order valence-electron chi connectivity index (χ2n) is 11.6. The van der Waals surface area contributed by atoms with Crippen molar-refractivity contribution in [3.05, 3.63) is 35.4 Å². The highest BCUT2D eigenvalue weighted by atomic mass is 19.1. The Morgan fingerprint density at radius 2 is 1.19 bits per heavy atom. The molecule has 0 atom stereocenters. The van der Waals surface area contributed by atoms with E-state index in [0.29, 0.717) is 6.42 Å². The zero-order valence-electron chi connectivity index (χ0n) is 20.2. The number of hydrogen-bond acceptors (Lipinski definition) is 0. The predicted molar refractivity (Wildman–Crippen MR) is 131 cm³/mol. The van der Waals surface area contributed by atoms with Gasteiger partial charge in [0.15, 0.2) is 0 Å². The van der Waals surface area contributed by atoms with Crippen molar-refractivity contribution in [2.45, 2.75) is 116 Å². The summed E-state index contributed by atoms with van der Waals surface area (Å²) in [5, 5.41) is 0. The van der Waals surface area contributed by atoms with Gasteiger partial charge in [-0.1, -0.05) is 69.7 Å². The molecular weight excluding hydrogens is 379 g/mol. The van der Waals surface area contributed by atoms with E-state index in [2.05, 4.69) is 31.2 Å². The van der Waals surface area contributed by atoms with E-state index < -0.39 is 0 Å². The first-order valence-electron chi connectivity index (χ1n) is 13.9. The SMILES string of the molecule is C[C@H]1CC[C@H]([C@H]2CC[C@H](CC[C@H]3CC[C@H](c4ccc(CCCF)cc4)CC3)CC2)CC1. The summed E-state index contributed by atoms with van der Waals surface area (Å²) >= 11 is 0. The molecule has 3 saturated carbocycles. The maximum Gasteiger partial charge on any atom is 0.0897 e. The standard InChI is InChI=1S/C30H47F/c1-23-4-14-27(15-5-23)28-18-10-25(11-19-28)6-7-26-12-20-30(21-13-26)29-16-8-24(9-17-29)3-2-22-31/h8-9,16-17,23,25-28,30H,2-7,10-15,18-22H2,1H3/t23-,25-,26-,27-,28-,30-. The van der Waals surface area contributed by atoms with Crippen LogP contribution in [0.5, 0.6) is 0 Å². The second-order valence-corrected chi connectivity index (χ2v) is 11.6. The fraction of sp³-hybridized carbons (Fsp3) is 0.800. The average molecular weight is 427 g/mol. The predicted octanol–water partition coefficient (Wildman–Crippen LogP) is 9.28. The molecule has 31 heavy (non-hydrogen) atoms. The number of alkyl halides is 1. The largest absolute Gasteiger partial charge is 0.251 e. The molecule has 1 aromatic rings. The van der Waals surface area contributed by atoms with Crippen molar-refractivity contribution >= 4 is 0 Å². The van der Waals surface area contributed by atoms with Gasteiger partial charge in [0.2, 0.25) is 0 Å². The Labute approximate surface area is 191 Å². The molecule has 0 nitrogen and oxygen atoms in total. The minimum absolute atomic E-state index is 0.201. The summed E-state index contributed by atoms with van der Waals surface area (Å²) in [6, 6.07) is 9.12. The van der Waals surface area contributed by atoms with Gasteiger partial charge in [-0.15, -0.1) is 0 Å². The number of rotatable bonds is 8. The quantitative estimate of drug-likeness (QED) is 0.388. The van der Waals surface area contributed by atoms with Crippen molar-refractivity contribution < 1.29 is 4.39 Å². The van der Waals surface area contributed by atoms with Crippen molar-refractivity contribution in [3.8, 4) is 0 Å². The van der Waals surface area contributed by atoms with Gasteiger partial charge in [0.1, 0.15) is 0 Å². The first kappa shape index (κ1) is 23.3. The molecule has 3 aliphatic rings. The summed E-state index contributed by atoms with van der Waals surface area (Å²) in [5.41, 5.74) is 2.82. The van der Waals surface area contributed by atoms with Crippen LogP contribution in [0.3, 0.4) is 0 Å². The Balaban J connectivity index is 1.12. The van der Waals surface area contributed by atoms with Crippen molar-refractivity contribution in [1.29, 1.82) is 0 Å². The number of hydrogen-bond donors (Lipinski definition) is 0. The molecule has 4 rings (SSSR count). The third-order valence-electron chi connectivity index (χ3n) is 9.50. The van der Waals surface area contributed by atoms with Crippen LogP contribution in [0.4, 0.5) is 4.39 Å². The number of benzene rings is 1. The molecule has 0 aromatic heterocycles. The van der Waals surface area contributed by atoms with Crippen LogP contribution < -0.4 is 0 Å². The third kappa shape index (κ3) is 6.82. The van der Waals surface area contributed by atoms with Crippen molar-refractivity contribution in [2.75, 3.05) is 6.67 Å². The van der Waals surface area contributed by atoms with Gasteiger partial charge in [-0.2, -0.15) is 0 Å². The summed E-state index contributed by atoms with van der Waals surface area (Å²) < 4.78 is 12.4. The lowest BCUT2D eigenvalue weighted by atomic mass is 9.68. The first-order valence-corrected chi connectivity index (χ1v) is 13.9. The maximum atomic E-state index is 12.4. The van der Waals surface area contributed by atoms with E-state index in [1.54, 1.807) is 0 Å². The third-order valence-corrected chi connectivity index (χ3v) is 9.50. The lowest BCUT2D eigenvalue weighted by Crippen LogP contribution is -2.25. The molecule has 0 heterocycles. The normalized spacial score (nSPS) is 34.5. The van der Waals surface area contributed by atoms with E-state index in [-0.39, 0.29) is 6.67 Å². The average Bonchev–Trinajstić information content (AvgIpc) is 2.83. The van der Waals surface area contributed by atoms with Gasteiger partial charge in [0.05, 0.1) is 6.67 Å². The monoisotopic (exact) mass is 426 g/mol. The van der Waals surface area contributed by atoms with Crippen LogP contribution in [0.25, 0.3) is 0 Å². The van der Waals surface area contributed by atoms with Crippen LogP contribution in [0.1, 0.15) is 120 Å². The zero-order chi connectivity index (χ0) is 21.5. The van der Waals surface area contributed by atoms with Crippen LogP contribution in [-0.2, 0) is 6.42 Å². The van der Waals surface area contributed by atoms with Gasteiger partial charge in [-0.25, -0.2) is 0 Å².